The van der Waals surface area contributed by atoms with Gasteiger partial charge in [-0.05, 0) is 40.1 Å². The van der Waals surface area contributed by atoms with E-state index >= 15 is 0 Å². The average molecular weight is 411 g/mol. The molecule has 0 fully saturated rings. The normalized spacial score (nSPS) is 10.9. The number of carbonyl (C=O) groups is 1. The van der Waals surface area contributed by atoms with Gasteiger partial charge in [-0.15, -0.1) is 16.9 Å². The monoisotopic (exact) mass is 410 g/mol. The lowest BCUT2D eigenvalue weighted by atomic mass is 10.1. The molecular weight excluding hydrogens is 396 g/mol. The van der Waals surface area contributed by atoms with Crippen LogP contribution in [0.15, 0.2) is 71.6 Å². The van der Waals surface area contributed by atoms with Crippen molar-refractivity contribution in [1.82, 2.24) is 20.2 Å². The molecule has 0 unspecified atom stereocenters. The molecule has 1 aromatic heterocycles. The molecule has 28 heavy (non-hydrogen) atoms. The molecule has 0 radical (unpaired) electrons. The number of tetrazole rings is 1. The van der Waals surface area contributed by atoms with Gasteiger partial charge in [-0.2, -0.15) is 4.68 Å². The number of rotatable bonds is 6. The van der Waals surface area contributed by atoms with Crippen LogP contribution in [0, 0.1) is 0 Å². The standard InChI is InChI=1S/C20H15ClN4O2S/c21-16-10-4-6-14-7-5-11-17(20(14)16)28-13-19(26)27-12-18-22-23-24-25(18)15-8-2-1-3-9-15/h1-11H,12-13H2. The Morgan fingerprint density at radius 2 is 1.82 bits per heavy atom. The van der Waals surface area contributed by atoms with Gasteiger partial charge in [-0.3, -0.25) is 4.79 Å². The van der Waals surface area contributed by atoms with Crippen molar-refractivity contribution >= 4 is 40.1 Å². The first-order valence-corrected chi connectivity index (χ1v) is 9.87. The van der Waals surface area contributed by atoms with Crippen molar-refractivity contribution in [3.8, 4) is 5.69 Å². The molecule has 0 bridgehead atoms. The molecule has 4 aromatic rings. The number of esters is 1. The van der Waals surface area contributed by atoms with Crippen molar-refractivity contribution in [2.24, 2.45) is 0 Å². The van der Waals surface area contributed by atoms with Gasteiger partial charge in [-0.25, -0.2) is 0 Å². The number of ether oxygens (including phenoxy) is 1. The highest BCUT2D eigenvalue weighted by Crippen LogP contribution is 2.33. The number of hydrogen-bond acceptors (Lipinski definition) is 6. The van der Waals surface area contributed by atoms with Gasteiger partial charge < -0.3 is 4.74 Å². The second-order valence-corrected chi connectivity index (χ2v) is 7.31. The molecule has 0 atom stereocenters. The summed E-state index contributed by atoms with van der Waals surface area (Å²) in [6.07, 6.45) is 0. The van der Waals surface area contributed by atoms with Gasteiger partial charge in [0, 0.05) is 15.3 Å². The number of fused-ring (bicyclic) bond motifs is 1. The predicted molar refractivity (Wildman–Crippen MR) is 109 cm³/mol. The van der Waals surface area contributed by atoms with Gasteiger partial charge >= 0.3 is 5.97 Å². The van der Waals surface area contributed by atoms with Gasteiger partial charge in [0.15, 0.2) is 12.4 Å². The number of nitrogens with zero attached hydrogens (tertiary/aromatic N) is 4. The van der Waals surface area contributed by atoms with Crippen LogP contribution in [-0.2, 0) is 16.1 Å². The number of para-hydroxylation sites is 1. The Balaban J connectivity index is 1.40. The van der Waals surface area contributed by atoms with Crippen LogP contribution in [0.5, 0.6) is 0 Å². The Morgan fingerprint density at radius 1 is 1.04 bits per heavy atom. The van der Waals surface area contributed by atoms with Gasteiger partial charge in [0.05, 0.1) is 11.4 Å². The van der Waals surface area contributed by atoms with E-state index < -0.39 is 0 Å². The minimum Gasteiger partial charge on any atom is -0.457 e. The SMILES string of the molecule is O=C(CSc1cccc2cccc(Cl)c12)OCc1nnnn1-c1ccccc1. The van der Waals surface area contributed by atoms with Crippen molar-refractivity contribution in [2.45, 2.75) is 11.5 Å². The third-order valence-electron chi connectivity index (χ3n) is 4.06. The number of thioether (sulfide) groups is 1. The van der Waals surface area contributed by atoms with Crippen LogP contribution < -0.4 is 0 Å². The van der Waals surface area contributed by atoms with Gasteiger partial charge in [0.1, 0.15) is 0 Å². The molecular formula is C20H15ClN4O2S. The van der Waals surface area contributed by atoms with Gasteiger partial charge in [0.2, 0.25) is 0 Å². The summed E-state index contributed by atoms with van der Waals surface area (Å²) in [6.45, 7) is -0.00240. The number of benzene rings is 3. The van der Waals surface area contributed by atoms with E-state index in [9.17, 15) is 4.79 Å². The number of halogens is 1. The van der Waals surface area contributed by atoms with Crippen molar-refractivity contribution in [3.05, 3.63) is 77.6 Å². The van der Waals surface area contributed by atoms with Gasteiger partial charge in [-0.1, -0.05) is 54.1 Å². The van der Waals surface area contributed by atoms with Crippen LogP contribution in [0.1, 0.15) is 5.82 Å². The summed E-state index contributed by atoms with van der Waals surface area (Å²) < 4.78 is 6.90. The highest BCUT2D eigenvalue weighted by atomic mass is 35.5. The molecule has 4 rings (SSSR count). The summed E-state index contributed by atoms with van der Waals surface area (Å²) in [5.41, 5.74) is 0.804. The highest BCUT2D eigenvalue weighted by molar-refractivity contribution is 8.00. The fraction of sp³-hybridized carbons (Fsp3) is 0.100. The summed E-state index contributed by atoms with van der Waals surface area (Å²) in [7, 11) is 0. The molecule has 0 saturated carbocycles. The molecule has 8 heteroatoms. The largest absolute Gasteiger partial charge is 0.457 e. The molecule has 0 aliphatic rings. The fourth-order valence-corrected chi connectivity index (χ4v) is 4.01. The molecule has 0 aliphatic heterocycles. The molecule has 3 aromatic carbocycles. The van der Waals surface area contributed by atoms with Crippen LogP contribution in [0.3, 0.4) is 0 Å². The van der Waals surface area contributed by atoms with Crippen LogP contribution >= 0.6 is 23.4 Å². The maximum atomic E-state index is 12.2. The van der Waals surface area contributed by atoms with Crippen LogP contribution in [0.4, 0.5) is 0 Å². The fourth-order valence-electron chi connectivity index (χ4n) is 2.77. The molecule has 140 valence electrons. The lowest BCUT2D eigenvalue weighted by molar-refractivity contribution is -0.141. The quantitative estimate of drug-likeness (QED) is 0.348. The second kappa shape index (κ2) is 8.41. The van der Waals surface area contributed by atoms with Crippen LogP contribution in [-0.4, -0.2) is 31.9 Å². The Kier molecular flexibility index (Phi) is 5.55. The lowest BCUT2D eigenvalue weighted by Gasteiger charge is -2.08. The zero-order valence-electron chi connectivity index (χ0n) is 14.7. The van der Waals surface area contributed by atoms with Crippen molar-refractivity contribution in [1.29, 1.82) is 0 Å². The smallest absolute Gasteiger partial charge is 0.316 e. The molecule has 0 N–H and O–H groups in total. The number of hydrogen-bond donors (Lipinski definition) is 0. The second-order valence-electron chi connectivity index (χ2n) is 5.89. The molecule has 1 heterocycles. The van der Waals surface area contributed by atoms with E-state index in [1.54, 1.807) is 4.68 Å². The first-order chi connectivity index (χ1) is 13.7. The first kappa shape index (κ1) is 18.5. The zero-order chi connectivity index (χ0) is 19.3. The van der Waals surface area contributed by atoms with E-state index in [0.29, 0.717) is 10.8 Å². The molecule has 0 aliphatic carbocycles. The lowest BCUT2D eigenvalue weighted by Crippen LogP contribution is -2.11. The number of carbonyl (C=O) groups excluding carboxylic acids is 1. The van der Waals surface area contributed by atoms with Crippen LogP contribution in [0.2, 0.25) is 5.02 Å². The summed E-state index contributed by atoms with van der Waals surface area (Å²) in [6, 6.07) is 21.1. The topological polar surface area (TPSA) is 69.9 Å². The molecule has 0 saturated heterocycles. The average Bonchev–Trinajstić information content (AvgIpc) is 3.20. The summed E-state index contributed by atoms with van der Waals surface area (Å²) >= 11 is 7.72. The molecule has 0 amide bonds. The van der Waals surface area contributed by atoms with Crippen LogP contribution in [0.25, 0.3) is 16.5 Å². The first-order valence-electron chi connectivity index (χ1n) is 8.51. The van der Waals surface area contributed by atoms with E-state index in [-0.39, 0.29) is 18.3 Å². The Bertz CT molecular complexity index is 1110. The van der Waals surface area contributed by atoms with E-state index in [0.717, 1.165) is 21.4 Å². The molecule has 0 spiro atoms. The predicted octanol–water partition coefficient (Wildman–Crippen LogP) is 4.30. The highest BCUT2D eigenvalue weighted by Gasteiger charge is 2.13. The minimum absolute atomic E-state index is 0.00240. The van der Waals surface area contributed by atoms with Gasteiger partial charge in [0.25, 0.3) is 0 Å². The third kappa shape index (κ3) is 4.00. The zero-order valence-corrected chi connectivity index (χ0v) is 16.2. The van der Waals surface area contributed by atoms with E-state index in [4.69, 9.17) is 16.3 Å². The third-order valence-corrected chi connectivity index (χ3v) is 5.40. The van der Waals surface area contributed by atoms with Crippen molar-refractivity contribution in [2.75, 3.05) is 5.75 Å². The maximum absolute atomic E-state index is 12.2. The van der Waals surface area contributed by atoms with E-state index in [1.165, 1.54) is 11.8 Å². The Labute approximate surface area is 170 Å². The van der Waals surface area contributed by atoms with Crippen molar-refractivity contribution < 1.29 is 9.53 Å². The Morgan fingerprint density at radius 3 is 2.64 bits per heavy atom. The summed E-state index contributed by atoms with van der Waals surface area (Å²) in [5.74, 6) is 0.270. The maximum Gasteiger partial charge on any atom is 0.316 e. The molecule has 6 nitrogen and oxygen atoms in total. The van der Waals surface area contributed by atoms with E-state index in [2.05, 4.69) is 15.5 Å². The summed E-state index contributed by atoms with van der Waals surface area (Å²) in [4.78, 5) is 13.2. The van der Waals surface area contributed by atoms with E-state index in [1.807, 2.05) is 66.7 Å². The Hall–Kier alpha value is -2.90. The summed E-state index contributed by atoms with van der Waals surface area (Å²) in [5, 5.41) is 14.2. The van der Waals surface area contributed by atoms with Crippen molar-refractivity contribution in [3.63, 3.8) is 0 Å². The number of aromatic nitrogens is 4. The minimum atomic E-state index is -0.350.